The van der Waals surface area contributed by atoms with Crippen molar-refractivity contribution >= 4 is 27.5 Å². The predicted octanol–water partition coefficient (Wildman–Crippen LogP) is 4.79. The van der Waals surface area contributed by atoms with Crippen LogP contribution < -0.4 is 9.62 Å². The molecule has 1 atom stereocenters. The first-order valence-corrected chi connectivity index (χ1v) is 15.4. The summed E-state index contributed by atoms with van der Waals surface area (Å²) in [6.45, 7) is 9.95. The number of aryl methyl sites for hydroxylation is 2. The molecular formula is C32H41N3O4S. The number of anilines is 1. The van der Waals surface area contributed by atoms with Gasteiger partial charge in [-0.15, -0.1) is 0 Å². The van der Waals surface area contributed by atoms with Crippen LogP contribution in [0.2, 0.25) is 0 Å². The molecule has 214 valence electrons. The molecule has 0 bridgehead atoms. The van der Waals surface area contributed by atoms with Crippen LogP contribution in [-0.2, 0) is 32.6 Å². The van der Waals surface area contributed by atoms with Gasteiger partial charge >= 0.3 is 0 Å². The first-order valence-electron chi connectivity index (χ1n) is 13.6. The molecule has 3 aromatic carbocycles. The lowest BCUT2D eigenvalue weighted by atomic mass is 10.0. The Morgan fingerprint density at radius 1 is 0.875 bits per heavy atom. The minimum Gasteiger partial charge on any atom is -0.354 e. The molecule has 3 aromatic rings. The van der Waals surface area contributed by atoms with Gasteiger partial charge in [0, 0.05) is 19.5 Å². The van der Waals surface area contributed by atoms with Crippen molar-refractivity contribution < 1.29 is 18.0 Å². The number of carbonyl (C=O) groups excluding carboxylic acids is 2. The smallest absolute Gasteiger partial charge is 0.244 e. The van der Waals surface area contributed by atoms with Crippen LogP contribution in [0.15, 0.2) is 72.8 Å². The molecule has 0 unspecified atom stereocenters. The minimum absolute atomic E-state index is 0.164. The first kappa shape index (κ1) is 30.9. The van der Waals surface area contributed by atoms with Gasteiger partial charge in [-0.2, -0.15) is 0 Å². The van der Waals surface area contributed by atoms with E-state index in [0.29, 0.717) is 18.7 Å². The maximum atomic E-state index is 14.2. The minimum atomic E-state index is -3.81. The lowest BCUT2D eigenvalue weighted by Gasteiger charge is -2.34. The number of sulfonamides is 1. The van der Waals surface area contributed by atoms with Crippen molar-refractivity contribution in [2.45, 2.75) is 53.6 Å². The van der Waals surface area contributed by atoms with Crippen molar-refractivity contribution in [1.29, 1.82) is 0 Å². The number of hydrogen-bond acceptors (Lipinski definition) is 4. The van der Waals surface area contributed by atoms with Crippen LogP contribution in [0, 0.1) is 26.7 Å². The van der Waals surface area contributed by atoms with Crippen molar-refractivity contribution in [2.75, 3.05) is 23.7 Å². The lowest BCUT2D eigenvalue weighted by Crippen LogP contribution is -2.53. The number of nitrogens with zero attached hydrogens (tertiary/aromatic N) is 2. The third-order valence-corrected chi connectivity index (χ3v) is 8.04. The van der Waals surface area contributed by atoms with Gasteiger partial charge in [-0.3, -0.25) is 13.9 Å². The van der Waals surface area contributed by atoms with Crippen molar-refractivity contribution in [1.82, 2.24) is 10.2 Å². The van der Waals surface area contributed by atoms with Crippen LogP contribution in [0.25, 0.3) is 0 Å². The van der Waals surface area contributed by atoms with E-state index in [9.17, 15) is 18.0 Å². The van der Waals surface area contributed by atoms with E-state index in [1.165, 1.54) is 4.90 Å². The number of amides is 2. The number of rotatable bonds is 12. The van der Waals surface area contributed by atoms with Gasteiger partial charge in [0.15, 0.2) is 0 Å². The molecule has 0 radical (unpaired) electrons. The molecule has 3 rings (SSSR count). The topological polar surface area (TPSA) is 86.8 Å². The summed E-state index contributed by atoms with van der Waals surface area (Å²) in [5.74, 6) is -0.489. The average Bonchev–Trinajstić information content (AvgIpc) is 2.89. The summed E-state index contributed by atoms with van der Waals surface area (Å²) >= 11 is 0. The fourth-order valence-corrected chi connectivity index (χ4v) is 5.48. The van der Waals surface area contributed by atoms with E-state index in [-0.39, 0.29) is 18.4 Å². The van der Waals surface area contributed by atoms with Crippen LogP contribution in [0.1, 0.15) is 41.7 Å². The third-order valence-electron chi connectivity index (χ3n) is 6.91. The second-order valence-electron chi connectivity index (χ2n) is 10.8. The van der Waals surface area contributed by atoms with E-state index in [2.05, 4.69) is 5.32 Å². The molecule has 7 nitrogen and oxygen atoms in total. The van der Waals surface area contributed by atoms with Gasteiger partial charge in [0.05, 0.1) is 11.9 Å². The molecule has 1 N–H and O–H groups in total. The Balaban J connectivity index is 2.07. The Labute approximate surface area is 239 Å². The molecule has 0 aliphatic rings. The van der Waals surface area contributed by atoms with E-state index in [4.69, 9.17) is 0 Å². The van der Waals surface area contributed by atoms with E-state index in [0.717, 1.165) is 38.4 Å². The Hall–Kier alpha value is -3.65. The molecule has 0 aliphatic carbocycles. The summed E-state index contributed by atoms with van der Waals surface area (Å²) in [6.07, 6.45) is 1.40. The molecule has 8 heteroatoms. The van der Waals surface area contributed by atoms with Gasteiger partial charge in [0.25, 0.3) is 0 Å². The van der Waals surface area contributed by atoms with Gasteiger partial charge < -0.3 is 10.2 Å². The summed E-state index contributed by atoms with van der Waals surface area (Å²) < 4.78 is 27.2. The highest BCUT2D eigenvalue weighted by Gasteiger charge is 2.33. The van der Waals surface area contributed by atoms with E-state index in [1.54, 1.807) is 12.1 Å². The molecule has 0 heterocycles. The van der Waals surface area contributed by atoms with Gasteiger partial charge in [-0.25, -0.2) is 8.42 Å². The highest BCUT2D eigenvalue weighted by molar-refractivity contribution is 7.92. The molecule has 0 fully saturated rings. The predicted molar refractivity (Wildman–Crippen MR) is 162 cm³/mol. The maximum Gasteiger partial charge on any atom is 0.244 e. The molecule has 40 heavy (non-hydrogen) atoms. The second-order valence-corrected chi connectivity index (χ2v) is 12.8. The normalized spacial score (nSPS) is 12.2. The zero-order valence-corrected chi connectivity index (χ0v) is 25.2. The van der Waals surface area contributed by atoms with E-state index >= 15 is 0 Å². The SMILES string of the molecule is Cc1cccc(CN(C(=O)CN(c2cccc(C)c2C)S(C)(=O)=O)[C@H](Cc2ccccc2)C(=O)NCC(C)C)c1. The highest BCUT2D eigenvalue weighted by Crippen LogP contribution is 2.26. The maximum absolute atomic E-state index is 14.2. The first-order chi connectivity index (χ1) is 18.9. The van der Waals surface area contributed by atoms with Gasteiger partial charge in [-0.1, -0.05) is 86.1 Å². The molecule has 2 amide bonds. The number of hydrogen-bond donors (Lipinski definition) is 1. The Kier molecular flexibility index (Phi) is 10.5. The molecule has 0 saturated heterocycles. The van der Waals surface area contributed by atoms with Crippen LogP contribution in [0.4, 0.5) is 5.69 Å². The van der Waals surface area contributed by atoms with Crippen LogP contribution in [0.5, 0.6) is 0 Å². The Bertz CT molecular complexity index is 1420. The Morgan fingerprint density at radius 3 is 2.15 bits per heavy atom. The second kappa shape index (κ2) is 13.6. The van der Waals surface area contributed by atoms with Gasteiger partial charge in [-0.05, 0) is 55.0 Å². The fourth-order valence-electron chi connectivity index (χ4n) is 4.58. The Morgan fingerprint density at radius 2 is 1.52 bits per heavy atom. The summed E-state index contributed by atoms with van der Waals surface area (Å²) in [4.78, 5) is 29.4. The van der Waals surface area contributed by atoms with Gasteiger partial charge in [0.2, 0.25) is 21.8 Å². The molecule has 0 aliphatic heterocycles. The zero-order chi connectivity index (χ0) is 29.4. The number of carbonyl (C=O) groups is 2. The van der Waals surface area contributed by atoms with Crippen LogP contribution in [0.3, 0.4) is 0 Å². The fraction of sp³-hybridized carbons (Fsp3) is 0.375. The number of benzene rings is 3. The monoisotopic (exact) mass is 563 g/mol. The van der Waals surface area contributed by atoms with Crippen molar-refractivity contribution in [2.24, 2.45) is 5.92 Å². The lowest BCUT2D eigenvalue weighted by molar-refractivity contribution is -0.140. The third kappa shape index (κ3) is 8.42. The standard InChI is InChI=1S/C32H41N3O4S/c1-23(2)20-33-32(37)30(19-27-14-8-7-9-15-27)34(21-28-16-10-12-24(3)18-28)31(36)22-35(40(6,38)39)29-17-11-13-25(4)26(29)5/h7-18,23,30H,19-22H2,1-6H3,(H,33,37)/t30-/m1/s1. The summed E-state index contributed by atoms with van der Waals surface area (Å²) in [5.41, 5.74) is 4.95. The number of nitrogens with one attached hydrogen (secondary N) is 1. The molecule has 0 saturated carbocycles. The molecule has 0 aromatic heterocycles. The van der Waals surface area contributed by atoms with Gasteiger partial charge in [0.1, 0.15) is 12.6 Å². The summed E-state index contributed by atoms with van der Waals surface area (Å²) in [7, 11) is -3.81. The quantitative estimate of drug-likeness (QED) is 0.343. The highest BCUT2D eigenvalue weighted by atomic mass is 32.2. The van der Waals surface area contributed by atoms with Crippen LogP contribution in [-0.4, -0.2) is 50.5 Å². The summed E-state index contributed by atoms with van der Waals surface area (Å²) in [5, 5.41) is 3.00. The summed E-state index contributed by atoms with van der Waals surface area (Å²) in [6, 6.07) is 21.9. The average molecular weight is 564 g/mol. The van der Waals surface area contributed by atoms with Crippen molar-refractivity contribution in [3.63, 3.8) is 0 Å². The van der Waals surface area contributed by atoms with Crippen molar-refractivity contribution in [3.05, 3.63) is 101 Å². The van der Waals surface area contributed by atoms with Crippen molar-refractivity contribution in [3.8, 4) is 0 Å². The van der Waals surface area contributed by atoms with E-state index in [1.807, 2.05) is 95.3 Å². The largest absolute Gasteiger partial charge is 0.354 e. The zero-order valence-electron chi connectivity index (χ0n) is 24.3. The van der Waals surface area contributed by atoms with Crippen LogP contribution >= 0.6 is 0 Å². The molecular weight excluding hydrogens is 522 g/mol. The van der Waals surface area contributed by atoms with E-state index < -0.39 is 28.5 Å². The molecule has 0 spiro atoms.